The van der Waals surface area contributed by atoms with Gasteiger partial charge in [0.15, 0.2) is 0 Å². The van der Waals surface area contributed by atoms with Gasteiger partial charge in [-0.05, 0) is 18.5 Å². The van der Waals surface area contributed by atoms with Crippen LogP contribution in [0.1, 0.15) is 29.3 Å². The van der Waals surface area contributed by atoms with Gasteiger partial charge in [-0.15, -0.1) is 0 Å². The van der Waals surface area contributed by atoms with Crippen LogP contribution >= 0.6 is 11.8 Å². The van der Waals surface area contributed by atoms with Crippen LogP contribution in [-0.2, 0) is 5.75 Å². The molecule has 3 N–H and O–H groups in total. The van der Waals surface area contributed by atoms with Crippen LogP contribution in [0.2, 0.25) is 0 Å². The fourth-order valence-electron chi connectivity index (χ4n) is 1.66. The molecule has 0 saturated carbocycles. The number of aromatic carboxylic acids is 1. The van der Waals surface area contributed by atoms with E-state index in [9.17, 15) is 14.9 Å². The number of nitrogens with zero attached hydrogens (tertiary/aromatic N) is 1. The monoisotopic (exact) mass is 284 g/mol. The Kier molecular flexibility index (Phi) is 5.78. The highest BCUT2D eigenvalue weighted by Gasteiger charge is 2.23. The molecule has 104 valence electrons. The molecular formula is C12H16N2O4S. The predicted molar refractivity (Wildman–Crippen MR) is 74.5 cm³/mol. The summed E-state index contributed by atoms with van der Waals surface area (Å²) in [6.45, 7) is 2.56. The van der Waals surface area contributed by atoms with E-state index in [0.29, 0.717) is 17.9 Å². The molecule has 0 aliphatic rings. The van der Waals surface area contributed by atoms with Crippen molar-refractivity contribution in [3.63, 3.8) is 0 Å². The number of nitro benzene ring substituents is 1. The predicted octanol–water partition coefficient (Wildman–Crippen LogP) is 2.26. The number of nitrogens with two attached hydrogens (primary N) is 1. The Labute approximate surface area is 115 Å². The molecule has 1 aromatic carbocycles. The van der Waals surface area contributed by atoms with Gasteiger partial charge in [0.25, 0.3) is 5.69 Å². The maximum Gasteiger partial charge on any atom is 0.343 e. The molecule has 0 aromatic heterocycles. The van der Waals surface area contributed by atoms with Crippen LogP contribution in [0.3, 0.4) is 0 Å². The van der Waals surface area contributed by atoms with Crippen molar-refractivity contribution in [1.82, 2.24) is 0 Å². The Balaban J connectivity index is 2.97. The third-order valence-corrected chi connectivity index (χ3v) is 3.92. The molecule has 0 aliphatic carbocycles. The number of thioether (sulfide) groups is 1. The van der Waals surface area contributed by atoms with Crippen molar-refractivity contribution in [2.45, 2.75) is 24.3 Å². The average Bonchev–Trinajstić information content (AvgIpc) is 2.35. The van der Waals surface area contributed by atoms with Gasteiger partial charge in [0.2, 0.25) is 0 Å². The second kappa shape index (κ2) is 7.10. The molecule has 6 nitrogen and oxygen atoms in total. The molecule has 0 heterocycles. The smallest absolute Gasteiger partial charge is 0.343 e. The summed E-state index contributed by atoms with van der Waals surface area (Å²) in [5, 5.41) is 20.3. The van der Waals surface area contributed by atoms with Crippen LogP contribution in [0.15, 0.2) is 18.2 Å². The zero-order chi connectivity index (χ0) is 14.4. The third-order valence-electron chi connectivity index (χ3n) is 2.64. The number of carbonyl (C=O) groups is 1. The molecule has 0 saturated heterocycles. The van der Waals surface area contributed by atoms with E-state index in [2.05, 4.69) is 0 Å². The molecule has 19 heavy (non-hydrogen) atoms. The molecule has 1 unspecified atom stereocenters. The van der Waals surface area contributed by atoms with Crippen molar-refractivity contribution in [2.24, 2.45) is 5.73 Å². The minimum absolute atomic E-state index is 0.222. The van der Waals surface area contributed by atoms with Gasteiger partial charge in [0.05, 0.1) is 4.92 Å². The molecule has 0 spiro atoms. The zero-order valence-corrected chi connectivity index (χ0v) is 11.4. The van der Waals surface area contributed by atoms with Crippen LogP contribution < -0.4 is 5.73 Å². The minimum Gasteiger partial charge on any atom is -0.477 e. The lowest BCUT2D eigenvalue weighted by atomic mass is 10.1. The van der Waals surface area contributed by atoms with Gasteiger partial charge < -0.3 is 10.8 Å². The molecule has 1 rings (SSSR count). The summed E-state index contributed by atoms with van der Waals surface area (Å²) in [4.78, 5) is 21.4. The summed E-state index contributed by atoms with van der Waals surface area (Å²) < 4.78 is 0. The van der Waals surface area contributed by atoms with E-state index in [1.54, 1.807) is 17.8 Å². The number of carboxylic acid groups (broad SMARTS) is 1. The largest absolute Gasteiger partial charge is 0.477 e. The van der Waals surface area contributed by atoms with Gasteiger partial charge >= 0.3 is 5.97 Å². The van der Waals surface area contributed by atoms with Crippen molar-refractivity contribution in [3.05, 3.63) is 39.4 Å². The van der Waals surface area contributed by atoms with Crippen molar-refractivity contribution in [2.75, 3.05) is 6.54 Å². The highest BCUT2D eigenvalue weighted by molar-refractivity contribution is 7.99. The van der Waals surface area contributed by atoms with Crippen molar-refractivity contribution in [3.8, 4) is 0 Å². The molecule has 0 aliphatic heterocycles. The molecule has 0 fully saturated rings. The Morgan fingerprint density at radius 2 is 2.26 bits per heavy atom. The molecule has 1 aromatic rings. The average molecular weight is 284 g/mol. The van der Waals surface area contributed by atoms with Gasteiger partial charge in [-0.1, -0.05) is 19.1 Å². The first-order chi connectivity index (χ1) is 8.97. The Morgan fingerprint density at radius 1 is 1.58 bits per heavy atom. The third kappa shape index (κ3) is 4.22. The highest BCUT2D eigenvalue weighted by Crippen LogP contribution is 2.27. The SMILES string of the molecule is CC(CCN)SCc1cccc([N+](=O)[O-])c1C(=O)O. The van der Waals surface area contributed by atoms with E-state index in [1.165, 1.54) is 12.1 Å². The summed E-state index contributed by atoms with van der Waals surface area (Å²) in [6, 6.07) is 4.33. The van der Waals surface area contributed by atoms with E-state index in [-0.39, 0.29) is 16.5 Å². The Hall–Kier alpha value is -1.60. The van der Waals surface area contributed by atoms with Crippen LogP contribution in [-0.4, -0.2) is 27.8 Å². The van der Waals surface area contributed by atoms with Crippen LogP contribution in [0.25, 0.3) is 0 Å². The van der Waals surface area contributed by atoms with Crippen LogP contribution in [0, 0.1) is 10.1 Å². The maximum absolute atomic E-state index is 11.2. The molecule has 0 bridgehead atoms. The number of nitro groups is 1. The first-order valence-electron chi connectivity index (χ1n) is 5.78. The number of benzene rings is 1. The molecular weight excluding hydrogens is 268 g/mol. The lowest BCUT2D eigenvalue weighted by Gasteiger charge is -2.11. The standard InChI is InChI=1S/C12H16N2O4S/c1-8(5-6-13)19-7-9-3-2-4-10(14(17)18)11(9)12(15)16/h2-4,8H,5-7,13H2,1H3,(H,15,16). The maximum atomic E-state index is 11.2. The normalized spacial score (nSPS) is 12.1. The van der Waals surface area contributed by atoms with E-state index in [1.807, 2.05) is 6.92 Å². The van der Waals surface area contributed by atoms with Crippen LogP contribution in [0.5, 0.6) is 0 Å². The second-order valence-corrected chi connectivity index (χ2v) is 5.50. The van der Waals surface area contributed by atoms with Gasteiger partial charge in [0.1, 0.15) is 5.56 Å². The quantitative estimate of drug-likeness (QED) is 0.587. The van der Waals surface area contributed by atoms with Gasteiger partial charge in [0, 0.05) is 17.1 Å². The van der Waals surface area contributed by atoms with Crippen molar-refractivity contribution >= 4 is 23.4 Å². The lowest BCUT2D eigenvalue weighted by molar-refractivity contribution is -0.385. The summed E-state index contributed by atoms with van der Waals surface area (Å²) >= 11 is 1.54. The fraction of sp³-hybridized carbons (Fsp3) is 0.417. The molecule has 1 atom stereocenters. The fourth-order valence-corrected chi connectivity index (χ4v) is 2.66. The van der Waals surface area contributed by atoms with E-state index < -0.39 is 10.9 Å². The van der Waals surface area contributed by atoms with Gasteiger partial charge in [-0.2, -0.15) is 11.8 Å². The summed E-state index contributed by atoms with van der Waals surface area (Å²) in [5.74, 6) is -0.848. The van der Waals surface area contributed by atoms with E-state index in [4.69, 9.17) is 10.8 Å². The van der Waals surface area contributed by atoms with E-state index >= 15 is 0 Å². The summed E-state index contributed by atoms with van der Waals surface area (Å²) in [6.07, 6.45) is 0.821. The molecule has 0 radical (unpaired) electrons. The lowest BCUT2D eigenvalue weighted by Crippen LogP contribution is -2.09. The van der Waals surface area contributed by atoms with Crippen LogP contribution in [0.4, 0.5) is 5.69 Å². The Bertz CT molecular complexity index is 479. The summed E-state index contributed by atoms with van der Waals surface area (Å²) in [5.41, 5.74) is 5.33. The van der Waals surface area contributed by atoms with Crippen molar-refractivity contribution in [1.29, 1.82) is 0 Å². The molecule has 0 amide bonds. The number of carboxylic acids is 1. The topological polar surface area (TPSA) is 106 Å². The number of hydrogen-bond donors (Lipinski definition) is 2. The van der Waals surface area contributed by atoms with Gasteiger partial charge in [-0.3, -0.25) is 10.1 Å². The Morgan fingerprint density at radius 3 is 2.79 bits per heavy atom. The second-order valence-electron chi connectivity index (χ2n) is 4.07. The zero-order valence-electron chi connectivity index (χ0n) is 10.5. The van der Waals surface area contributed by atoms with Crippen molar-refractivity contribution < 1.29 is 14.8 Å². The highest BCUT2D eigenvalue weighted by atomic mass is 32.2. The minimum atomic E-state index is -1.27. The first kappa shape index (κ1) is 15.5. The van der Waals surface area contributed by atoms with Gasteiger partial charge in [-0.25, -0.2) is 4.79 Å². The summed E-state index contributed by atoms with van der Waals surface area (Å²) in [7, 11) is 0. The number of rotatable bonds is 7. The molecule has 7 heteroatoms. The first-order valence-corrected chi connectivity index (χ1v) is 6.83. The van der Waals surface area contributed by atoms with E-state index in [0.717, 1.165) is 6.42 Å². The number of hydrogen-bond acceptors (Lipinski definition) is 5.